The van der Waals surface area contributed by atoms with Crippen LogP contribution in [0.3, 0.4) is 0 Å². The zero-order valence-electron chi connectivity index (χ0n) is 57.4. The molecule has 8 aromatic heterocycles. The zero-order chi connectivity index (χ0) is 78.0. The van der Waals surface area contributed by atoms with Crippen molar-refractivity contribution in [2.45, 2.75) is 26.9 Å². The first-order valence-corrected chi connectivity index (χ1v) is 36.8. The van der Waals surface area contributed by atoms with Gasteiger partial charge in [-0.3, -0.25) is 53.5 Å². The van der Waals surface area contributed by atoms with Crippen LogP contribution >= 0.6 is 91.6 Å². The van der Waals surface area contributed by atoms with E-state index in [9.17, 15) is 43.8 Å². The van der Waals surface area contributed by atoms with Crippen LogP contribution in [0.25, 0.3) is 87.2 Å². The lowest BCUT2D eigenvalue weighted by Gasteiger charge is -2.18. The molecule has 0 spiro atoms. The monoisotopic (exact) mass is 1780 g/mol. The van der Waals surface area contributed by atoms with E-state index < -0.39 is 11.9 Å². The molecule has 110 heavy (non-hydrogen) atoms. The van der Waals surface area contributed by atoms with E-state index in [1.807, 2.05) is 46.9 Å². The number of phenols is 1. The average molecular weight is 1780 g/mol. The molecule has 16 rings (SSSR count). The van der Waals surface area contributed by atoms with Crippen LogP contribution in [0.5, 0.6) is 40.6 Å². The fourth-order valence-electron chi connectivity index (χ4n) is 11.1. The van der Waals surface area contributed by atoms with Crippen molar-refractivity contribution in [3.05, 3.63) is 285 Å². The van der Waals surface area contributed by atoms with Gasteiger partial charge in [0.15, 0.2) is 44.7 Å². The third kappa shape index (κ3) is 18.6. The van der Waals surface area contributed by atoms with Crippen molar-refractivity contribution in [3.8, 4) is 40.6 Å². The number of nitrogens with one attached hydrogen (secondary N) is 2. The van der Waals surface area contributed by atoms with Crippen molar-refractivity contribution in [1.82, 2.24) is 59.0 Å². The van der Waals surface area contributed by atoms with E-state index in [-0.39, 0.29) is 91.5 Å². The van der Waals surface area contributed by atoms with Crippen LogP contribution in [0.15, 0.2) is 239 Å². The minimum Gasteiger partial charge on any atom is -0.504 e. The number of aromatic amines is 2. The number of ether oxygens (including phenoxy) is 5. The first kappa shape index (κ1) is 79.2. The highest BCUT2D eigenvalue weighted by Crippen LogP contribution is 2.40. The average Bonchev–Trinajstić information content (AvgIpc) is 0.755. The molecule has 26 nitrogen and oxygen atoms in total. The number of carboxylic acids is 1. The van der Waals surface area contributed by atoms with Gasteiger partial charge in [-0.15, -0.1) is 0 Å². The van der Waals surface area contributed by atoms with Crippen LogP contribution in [0.2, 0.25) is 20.1 Å². The topological polar surface area (TPSA) is 351 Å². The fourth-order valence-corrected chi connectivity index (χ4v) is 12.4. The number of carbonyl (C=O) groups excluding carboxylic acids is 2. The number of halogens is 6. The number of esters is 2. The van der Waals surface area contributed by atoms with Crippen molar-refractivity contribution in [2.24, 2.45) is 0 Å². The van der Waals surface area contributed by atoms with Crippen LogP contribution in [0.4, 0.5) is 0 Å². The predicted molar refractivity (Wildman–Crippen MR) is 438 cm³/mol. The van der Waals surface area contributed by atoms with E-state index in [2.05, 4.69) is 77.2 Å². The number of hydrogen-bond donors (Lipinski definition) is 4. The second-order valence-electron chi connectivity index (χ2n) is 22.6. The molecular formula is C78H56Cl4I2N12O14. The van der Waals surface area contributed by atoms with E-state index in [1.165, 1.54) is 66.3 Å². The number of rotatable bonds is 13. The maximum atomic E-state index is 13.1. The standard InChI is InChI=1S/C21H16ClN3O4.C19H12ClN3O4.C17H10ClN3O2.C13H8ClNO2.C4H3IN2.C4H7IO2/c1-2-28-18(26)12-25-16-6-4-3-5-13(16)20(27)14-7-8-15(22)21(19(14)25)29-17-11-23-9-10-24-17;20-13-6-5-12-17(19(13)27-15-9-21-7-8-22-15)23(10-16(24)25)14-4-2-1-3-11(14)18(12)26;18-12-6-5-11-15(17(12)23-14-9-19-7-8-20-14)21-13-4-2-1-3-10(13)16(11)22;14-9-6-5-8-11(13(9)17)15-10-4-2-1-3-7(10)12(8)16;5-4-3-6-1-2-7-4;1-2-7-4(6)3-5/h3-11H,2,12H2,1H3;1-9H,10H2,(H,24,25);1-9H,(H,21,22);1-6,17H,(H,15,16);1-3H;2-3H2,1H3. The van der Waals surface area contributed by atoms with E-state index in [0.29, 0.717) is 109 Å². The zero-order valence-corrected chi connectivity index (χ0v) is 64.7. The minimum absolute atomic E-state index is 0.0741. The number of pyridine rings is 4. The summed E-state index contributed by atoms with van der Waals surface area (Å²) in [6, 6.07) is 41.1. The Morgan fingerprint density at radius 2 is 0.800 bits per heavy atom. The largest absolute Gasteiger partial charge is 0.504 e. The fraction of sp³-hybridized carbons (Fsp3) is 0.0897. The summed E-state index contributed by atoms with van der Waals surface area (Å²) in [4.78, 5) is 123. The Morgan fingerprint density at radius 1 is 0.427 bits per heavy atom. The molecular weight excluding hydrogens is 1720 g/mol. The van der Waals surface area contributed by atoms with Gasteiger partial charge in [-0.05, 0) is 134 Å². The molecule has 0 aliphatic heterocycles. The lowest BCUT2D eigenvalue weighted by molar-refractivity contribution is -0.143. The van der Waals surface area contributed by atoms with Crippen LogP contribution in [0.1, 0.15) is 13.8 Å². The first-order chi connectivity index (χ1) is 53.3. The van der Waals surface area contributed by atoms with Gasteiger partial charge in [-0.25, -0.2) is 19.9 Å². The summed E-state index contributed by atoms with van der Waals surface area (Å²) in [7, 11) is 0. The second-order valence-corrected chi connectivity index (χ2v) is 26.1. The van der Waals surface area contributed by atoms with Crippen molar-refractivity contribution in [2.75, 3.05) is 17.6 Å². The summed E-state index contributed by atoms with van der Waals surface area (Å²) in [5.74, 6) is -0.308. The first-order valence-electron chi connectivity index (χ1n) is 32.7. The van der Waals surface area contributed by atoms with E-state index >= 15 is 0 Å². The molecule has 0 fully saturated rings. The van der Waals surface area contributed by atoms with Gasteiger partial charge in [0.2, 0.25) is 17.6 Å². The van der Waals surface area contributed by atoms with Gasteiger partial charge >= 0.3 is 17.9 Å². The van der Waals surface area contributed by atoms with Crippen molar-refractivity contribution in [3.63, 3.8) is 0 Å². The molecule has 0 radical (unpaired) electrons. The molecule has 4 N–H and O–H groups in total. The van der Waals surface area contributed by atoms with Crippen molar-refractivity contribution < 1.29 is 48.3 Å². The lowest BCUT2D eigenvalue weighted by atomic mass is 10.1. The Balaban J connectivity index is 0.000000139. The smallest absolute Gasteiger partial charge is 0.325 e. The summed E-state index contributed by atoms with van der Waals surface area (Å²) in [5.41, 5.74) is 3.44. The maximum Gasteiger partial charge on any atom is 0.325 e. The third-order valence-corrected chi connectivity index (χ3v) is 18.1. The summed E-state index contributed by atoms with van der Waals surface area (Å²) in [6.07, 6.45) is 18.4. The molecule has 0 atom stereocenters. The Kier molecular flexibility index (Phi) is 26.9. The van der Waals surface area contributed by atoms with Gasteiger partial charge in [0.05, 0.1) is 117 Å². The van der Waals surface area contributed by atoms with Crippen LogP contribution < -0.4 is 35.9 Å². The van der Waals surface area contributed by atoms with Gasteiger partial charge < -0.3 is 53.0 Å². The van der Waals surface area contributed by atoms with Crippen molar-refractivity contribution in [1.29, 1.82) is 0 Å². The maximum absolute atomic E-state index is 13.1. The van der Waals surface area contributed by atoms with Gasteiger partial charge in [0.25, 0.3) is 0 Å². The molecule has 0 saturated carbocycles. The molecule has 8 heterocycles. The highest BCUT2D eigenvalue weighted by atomic mass is 127. The molecule has 0 aliphatic carbocycles. The van der Waals surface area contributed by atoms with Crippen LogP contribution in [-0.4, -0.2) is 105 Å². The number of fused-ring (bicyclic) bond motifs is 8. The number of alkyl halides is 1. The summed E-state index contributed by atoms with van der Waals surface area (Å²) in [5, 5.41) is 24.1. The van der Waals surface area contributed by atoms with Gasteiger partial charge in [-0.2, -0.15) is 0 Å². The lowest BCUT2D eigenvalue weighted by Crippen LogP contribution is -2.18. The number of para-hydroxylation sites is 4. The SMILES string of the molecule is CCOC(=O)CI.CCOC(=O)Cn1c2ccccc2c(=O)c2ccc(Cl)c(Oc3cnccn3)c21.Ic1cnccn1.O=C(O)Cn1c2ccccc2c(=O)c2ccc(Cl)c(Oc3cnccn3)c21.O=c1c2ccccc2[nH]c2c(O)c(Cl)ccc12.O=c1c2ccccc2[nH]c2c(Oc3cnccn3)c(Cl)ccc12. The Labute approximate surface area is 668 Å². The van der Waals surface area contributed by atoms with Gasteiger partial charge in [0, 0.05) is 82.2 Å². The summed E-state index contributed by atoms with van der Waals surface area (Å²) < 4.78 is 31.7. The molecule has 8 aromatic carbocycles. The minimum atomic E-state index is -1.06. The number of aromatic nitrogens is 12. The Bertz CT molecular complexity index is 6340. The number of H-pyrrole nitrogens is 2. The number of carboxylic acid groups (broad SMARTS) is 1. The van der Waals surface area contributed by atoms with Crippen LogP contribution in [0, 0.1) is 3.70 Å². The molecule has 32 heteroatoms. The van der Waals surface area contributed by atoms with Crippen LogP contribution in [-0.2, 0) is 36.9 Å². The Morgan fingerprint density at radius 3 is 1.21 bits per heavy atom. The number of hydrogen-bond acceptors (Lipinski definition) is 21. The third-order valence-electron chi connectivity index (χ3n) is 15.7. The van der Waals surface area contributed by atoms with E-state index in [0.717, 1.165) is 9.22 Å². The highest BCUT2D eigenvalue weighted by Gasteiger charge is 2.23. The highest BCUT2D eigenvalue weighted by molar-refractivity contribution is 14.1. The molecule has 0 saturated heterocycles. The molecule has 0 bridgehead atoms. The van der Waals surface area contributed by atoms with Gasteiger partial charge in [-0.1, -0.05) is 118 Å². The predicted octanol–water partition coefficient (Wildman–Crippen LogP) is 16.5. The molecule has 554 valence electrons. The number of phenolic OH excluding ortho intramolecular Hbond substituents is 1. The number of benzene rings is 8. The van der Waals surface area contributed by atoms with E-state index in [4.69, 9.17) is 65.4 Å². The molecule has 0 unspecified atom stereocenters. The summed E-state index contributed by atoms with van der Waals surface area (Å²) in [6.45, 7) is 3.79. The number of aromatic hydroxyl groups is 1. The van der Waals surface area contributed by atoms with Gasteiger partial charge in [0.1, 0.15) is 16.8 Å². The quantitative estimate of drug-likeness (QED) is 0.0360. The number of nitrogens with zero attached hydrogens (tertiary/aromatic N) is 10. The normalized spacial score (nSPS) is 10.7. The summed E-state index contributed by atoms with van der Waals surface area (Å²) >= 11 is 28.9. The Hall–Kier alpha value is -11.8. The van der Waals surface area contributed by atoms with E-state index in [1.54, 1.807) is 152 Å². The number of aliphatic carboxylic acids is 1. The second kappa shape index (κ2) is 37.3. The number of carbonyl (C=O) groups is 3. The molecule has 0 aliphatic rings. The van der Waals surface area contributed by atoms with Crippen molar-refractivity contribution >= 4 is 197 Å². The molecule has 0 amide bonds. The molecule has 16 aromatic rings.